The van der Waals surface area contributed by atoms with Crippen molar-refractivity contribution in [3.8, 4) is 56.3 Å². The molecule has 2 heterocycles. The molecule has 1 N–H and O–H groups in total. The monoisotopic (exact) mass is 1030 g/mol. The standard InChI is InChI=1S/C59H65N3O.Pt/c1-36(2)38-23-25-46-39(29-38)27-28-60-52(46)41-30-40(31-43(32-41)57(6,7)8)45-21-18-22-51-53(45)61-55(48-34-44(58(9,10)11)35-49(54(48)63)59(12,13)14)62(51)50-26-24-42(56(3,4)5)33-47(50)37-19-16-15-17-20-37;/h15-36,63H,1-14H3;. The zero-order chi connectivity index (χ0) is 45.4. The molecule has 0 aliphatic heterocycles. The maximum absolute atomic E-state index is 12.6. The maximum atomic E-state index is 12.6. The van der Waals surface area contributed by atoms with Gasteiger partial charge in [0.25, 0.3) is 0 Å². The second-order valence-corrected chi connectivity index (χ2v) is 22.1. The first kappa shape index (κ1) is 46.7. The first-order valence-electron chi connectivity index (χ1n) is 22.7. The second-order valence-electron chi connectivity index (χ2n) is 22.1. The molecule has 0 radical (unpaired) electrons. The molecule has 0 fully saturated rings. The van der Waals surface area contributed by atoms with E-state index in [1.165, 1.54) is 22.1 Å². The molecule has 0 atom stereocenters. The van der Waals surface area contributed by atoms with Crippen LogP contribution in [0.3, 0.4) is 0 Å². The summed E-state index contributed by atoms with van der Waals surface area (Å²) in [7, 11) is 0. The minimum absolute atomic E-state index is 0. The maximum Gasteiger partial charge on any atom is 0.149 e. The smallest absolute Gasteiger partial charge is 0.149 e. The van der Waals surface area contributed by atoms with Gasteiger partial charge in [0.1, 0.15) is 11.6 Å². The predicted molar refractivity (Wildman–Crippen MR) is 269 cm³/mol. The summed E-state index contributed by atoms with van der Waals surface area (Å²) in [4.78, 5) is 10.8. The molecule has 0 saturated carbocycles. The average molecular weight is 1030 g/mol. The van der Waals surface area contributed by atoms with E-state index in [-0.39, 0.29) is 48.5 Å². The van der Waals surface area contributed by atoms with Gasteiger partial charge >= 0.3 is 0 Å². The third-order valence-electron chi connectivity index (χ3n) is 12.7. The molecule has 0 unspecified atom stereocenters. The van der Waals surface area contributed by atoms with Gasteiger partial charge in [-0.05, 0) is 109 Å². The van der Waals surface area contributed by atoms with Gasteiger partial charge in [-0.15, -0.1) is 0 Å². The Morgan fingerprint density at radius 1 is 0.531 bits per heavy atom. The number of phenols is 1. The first-order chi connectivity index (χ1) is 29.5. The normalized spacial score (nSPS) is 12.6. The van der Waals surface area contributed by atoms with E-state index in [9.17, 15) is 5.11 Å². The van der Waals surface area contributed by atoms with Crippen molar-refractivity contribution in [1.29, 1.82) is 0 Å². The van der Waals surface area contributed by atoms with E-state index in [0.29, 0.717) is 11.7 Å². The van der Waals surface area contributed by atoms with Crippen LogP contribution < -0.4 is 0 Å². The number of hydrogen-bond donors (Lipinski definition) is 1. The number of aromatic hydroxyl groups is 1. The van der Waals surface area contributed by atoms with Gasteiger partial charge in [-0.3, -0.25) is 9.55 Å². The van der Waals surface area contributed by atoms with Crippen LogP contribution in [0.1, 0.15) is 131 Å². The van der Waals surface area contributed by atoms with E-state index in [1.54, 1.807) is 0 Å². The molecule has 0 saturated heterocycles. The second kappa shape index (κ2) is 16.9. The Hall–Kier alpha value is -5.31. The summed E-state index contributed by atoms with van der Waals surface area (Å²) in [5.41, 5.74) is 15.1. The molecule has 0 aliphatic carbocycles. The van der Waals surface area contributed by atoms with Crippen LogP contribution in [-0.4, -0.2) is 19.6 Å². The van der Waals surface area contributed by atoms with Gasteiger partial charge in [0.15, 0.2) is 0 Å². The molecule has 0 aliphatic rings. The molecule has 0 amide bonds. The number of imidazole rings is 1. The fourth-order valence-corrected chi connectivity index (χ4v) is 8.75. The molecule has 6 aromatic carbocycles. The van der Waals surface area contributed by atoms with Gasteiger partial charge in [-0.1, -0.05) is 176 Å². The van der Waals surface area contributed by atoms with Gasteiger partial charge < -0.3 is 5.11 Å². The Labute approximate surface area is 396 Å². The van der Waals surface area contributed by atoms with Crippen LogP contribution >= 0.6 is 0 Å². The molecular weight excluding hydrogens is 962 g/mol. The molecule has 332 valence electrons. The number of rotatable bonds is 6. The number of nitrogens with zero attached hydrogens (tertiary/aromatic N) is 3. The summed E-state index contributed by atoms with van der Waals surface area (Å²) in [6.45, 7) is 31.3. The molecule has 64 heavy (non-hydrogen) atoms. The third kappa shape index (κ3) is 8.88. The Balaban J connectivity index is 0.00000612. The van der Waals surface area contributed by atoms with Crippen LogP contribution in [0, 0.1) is 0 Å². The van der Waals surface area contributed by atoms with Crippen LogP contribution in [0.25, 0.3) is 72.4 Å². The zero-order valence-electron chi connectivity index (χ0n) is 40.3. The van der Waals surface area contributed by atoms with Crippen molar-refractivity contribution in [3.05, 3.63) is 155 Å². The number of pyridine rings is 1. The van der Waals surface area contributed by atoms with Crippen LogP contribution in [0.4, 0.5) is 0 Å². The topological polar surface area (TPSA) is 50.9 Å². The van der Waals surface area contributed by atoms with Crippen molar-refractivity contribution in [2.45, 2.75) is 125 Å². The van der Waals surface area contributed by atoms with Crippen LogP contribution in [-0.2, 0) is 42.7 Å². The average Bonchev–Trinajstić information content (AvgIpc) is 3.61. The number of hydrogen-bond acceptors (Lipinski definition) is 3. The summed E-state index contributed by atoms with van der Waals surface area (Å²) in [5.74, 6) is 1.40. The van der Waals surface area contributed by atoms with E-state index in [2.05, 4.69) is 223 Å². The summed E-state index contributed by atoms with van der Waals surface area (Å²) in [6, 6.07) is 44.3. The predicted octanol–water partition coefficient (Wildman–Crippen LogP) is 16.3. The number of aromatic nitrogens is 3. The van der Waals surface area contributed by atoms with Gasteiger partial charge in [-0.25, -0.2) is 4.98 Å². The Morgan fingerprint density at radius 3 is 1.81 bits per heavy atom. The van der Waals surface area contributed by atoms with E-state index < -0.39 is 0 Å². The molecule has 0 bridgehead atoms. The number of phenolic OH excluding ortho intramolecular Hbond substituents is 1. The summed E-state index contributed by atoms with van der Waals surface area (Å²) < 4.78 is 2.30. The summed E-state index contributed by atoms with van der Waals surface area (Å²) in [5, 5.41) is 14.9. The number of benzene rings is 6. The van der Waals surface area contributed by atoms with Gasteiger partial charge in [0.05, 0.1) is 28.0 Å². The fourth-order valence-electron chi connectivity index (χ4n) is 8.75. The summed E-state index contributed by atoms with van der Waals surface area (Å²) in [6.07, 6.45) is 1.94. The van der Waals surface area contributed by atoms with Crippen LogP contribution in [0.2, 0.25) is 0 Å². The zero-order valence-corrected chi connectivity index (χ0v) is 42.6. The van der Waals surface area contributed by atoms with E-state index in [4.69, 9.17) is 9.97 Å². The Bertz CT molecular complexity index is 3020. The first-order valence-corrected chi connectivity index (χ1v) is 22.7. The van der Waals surface area contributed by atoms with Gasteiger partial charge in [-0.2, -0.15) is 0 Å². The minimum atomic E-state index is -0.318. The quantitative estimate of drug-likeness (QED) is 0.181. The molecule has 4 nitrogen and oxygen atoms in total. The molecule has 8 rings (SSSR count). The Kier molecular flexibility index (Phi) is 12.3. The van der Waals surface area contributed by atoms with Crippen molar-refractivity contribution in [1.82, 2.24) is 14.5 Å². The molecular formula is C59H65N3OPt. The van der Waals surface area contributed by atoms with Crippen molar-refractivity contribution in [2.24, 2.45) is 0 Å². The van der Waals surface area contributed by atoms with Crippen LogP contribution in [0.15, 0.2) is 128 Å². The van der Waals surface area contributed by atoms with E-state index >= 15 is 0 Å². The van der Waals surface area contributed by atoms with Crippen molar-refractivity contribution in [3.63, 3.8) is 0 Å². The number of fused-ring (bicyclic) bond motifs is 2. The van der Waals surface area contributed by atoms with Crippen molar-refractivity contribution >= 4 is 21.8 Å². The van der Waals surface area contributed by atoms with Gasteiger partial charge in [0.2, 0.25) is 0 Å². The Morgan fingerprint density at radius 2 is 1.17 bits per heavy atom. The molecule has 5 heteroatoms. The number of para-hydroxylation sites is 1. The third-order valence-corrected chi connectivity index (χ3v) is 12.7. The fraction of sp³-hybridized carbons (Fsp3) is 0.322. The van der Waals surface area contributed by atoms with Gasteiger partial charge in [0, 0.05) is 54.9 Å². The minimum Gasteiger partial charge on any atom is -0.507 e. The summed E-state index contributed by atoms with van der Waals surface area (Å²) >= 11 is 0. The van der Waals surface area contributed by atoms with Crippen molar-refractivity contribution in [2.75, 3.05) is 0 Å². The van der Waals surface area contributed by atoms with E-state index in [1.807, 2.05) is 6.20 Å². The van der Waals surface area contributed by atoms with Crippen LogP contribution in [0.5, 0.6) is 5.75 Å². The molecule has 8 aromatic rings. The molecule has 2 aromatic heterocycles. The SMILES string of the molecule is CC(C)c1ccc2c(-c3cc(-c4cccc5c4nc(-c4cc(C(C)(C)C)cc(C(C)(C)C)c4O)n5-c4ccc(C(C)(C)C)cc4-c4ccccc4)cc(C(C)(C)C)c3)nccc2c1.[Pt]. The largest absolute Gasteiger partial charge is 0.507 e. The van der Waals surface area contributed by atoms with E-state index in [0.717, 1.165) is 72.3 Å². The molecule has 0 spiro atoms. The van der Waals surface area contributed by atoms with Crippen molar-refractivity contribution < 1.29 is 26.2 Å².